The van der Waals surface area contributed by atoms with E-state index in [0.717, 1.165) is 17.8 Å². The van der Waals surface area contributed by atoms with E-state index in [1.165, 1.54) is 51.5 Å². The fourth-order valence-corrected chi connectivity index (χ4v) is 4.55. The minimum atomic E-state index is -5.22. The van der Waals surface area contributed by atoms with Gasteiger partial charge in [-0.05, 0) is 37.3 Å². The molecule has 0 aliphatic carbocycles. The van der Waals surface area contributed by atoms with Crippen LogP contribution in [0.1, 0.15) is 18.1 Å². The average molecular weight is 549 g/mol. The number of alkyl halides is 3. The van der Waals surface area contributed by atoms with Gasteiger partial charge in [0.2, 0.25) is 0 Å². The van der Waals surface area contributed by atoms with E-state index in [4.69, 9.17) is 14.7 Å². The molecule has 0 bridgehead atoms. The molecule has 0 unspecified atom stereocenters. The topological polar surface area (TPSA) is 62.6 Å². The van der Waals surface area contributed by atoms with Crippen molar-refractivity contribution in [3.05, 3.63) is 57.8 Å². The molecule has 11 heteroatoms. The van der Waals surface area contributed by atoms with Crippen molar-refractivity contribution >= 4 is 33.6 Å². The molecular formula is C22H21BrF4N2O3S. The summed E-state index contributed by atoms with van der Waals surface area (Å²) in [5.41, 5.74) is -1.61. The zero-order valence-corrected chi connectivity index (χ0v) is 20.4. The first-order chi connectivity index (χ1) is 15.5. The molecule has 0 spiro atoms. The van der Waals surface area contributed by atoms with Crippen molar-refractivity contribution in [1.29, 1.82) is 5.26 Å². The van der Waals surface area contributed by atoms with Gasteiger partial charge in [0, 0.05) is 27.4 Å². The molecule has 0 aliphatic rings. The van der Waals surface area contributed by atoms with Crippen molar-refractivity contribution in [3.8, 4) is 17.6 Å². The molecule has 0 radical (unpaired) electrons. The molecule has 0 fully saturated rings. The van der Waals surface area contributed by atoms with Crippen molar-refractivity contribution in [1.82, 2.24) is 4.90 Å². The number of amides is 1. The van der Waals surface area contributed by atoms with Crippen LogP contribution in [0.15, 0.2) is 40.9 Å². The van der Waals surface area contributed by atoms with Gasteiger partial charge in [-0.1, -0.05) is 15.9 Å². The Kier molecular flexibility index (Phi) is 9.03. The molecule has 0 saturated heterocycles. The zero-order valence-electron chi connectivity index (χ0n) is 18.0. The van der Waals surface area contributed by atoms with Crippen molar-refractivity contribution < 1.29 is 31.8 Å². The quantitative estimate of drug-likeness (QED) is 0.298. The largest absolute Gasteiger partial charge is 0.497 e. The van der Waals surface area contributed by atoms with E-state index in [1.807, 2.05) is 6.07 Å². The van der Waals surface area contributed by atoms with E-state index in [0.29, 0.717) is 15.1 Å². The van der Waals surface area contributed by atoms with Gasteiger partial charge >= 0.3 is 12.1 Å². The lowest BCUT2D eigenvalue weighted by Crippen LogP contribution is -2.53. The number of nitrogens with zero attached hydrogens (tertiary/aromatic N) is 2. The highest BCUT2D eigenvalue weighted by atomic mass is 79.9. The number of nitriles is 1. The summed E-state index contributed by atoms with van der Waals surface area (Å²) in [5, 5.41) is 8.92. The first-order valence-corrected chi connectivity index (χ1v) is 11.4. The molecule has 5 nitrogen and oxygen atoms in total. The van der Waals surface area contributed by atoms with Crippen molar-refractivity contribution in [3.63, 3.8) is 0 Å². The van der Waals surface area contributed by atoms with Gasteiger partial charge in [-0.25, -0.2) is 4.39 Å². The molecular weight excluding hydrogens is 528 g/mol. The predicted octanol–water partition coefficient (Wildman–Crippen LogP) is 5.67. The van der Waals surface area contributed by atoms with E-state index < -0.39 is 30.0 Å². The fraction of sp³-hybridized carbons (Fsp3) is 0.364. The van der Waals surface area contributed by atoms with E-state index in [-0.39, 0.29) is 28.4 Å². The minimum Gasteiger partial charge on any atom is -0.497 e. The number of ether oxygens (including phenoxy) is 2. The molecule has 0 aromatic heterocycles. The van der Waals surface area contributed by atoms with Gasteiger partial charge < -0.3 is 14.4 Å². The van der Waals surface area contributed by atoms with Crippen molar-refractivity contribution in [2.75, 3.05) is 25.7 Å². The normalized spacial score (nSPS) is 13.1. The summed E-state index contributed by atoms with van der Waals surface area (Å²) in [6.45, 7) is 0.822. The Hall–Kier alpha value is -2.45. The number of hydrogen-bond acceptors (Lipinski definition) is 5. The number of benzene rings is 2. The van der Waals surface area contributed by atoms with Gasteiger partial charge in [-0.3, -0.25) is 4.79 Å². The Morgan fingerprint density at radius 1 is 1.18 bits per heavy atom. The van der Waals surface area contributed by atoms with Crippen LogP contribution in [0.2, 0.25) is 0 Å². The monoisotopic (exact) mass is 548 g/mol. The number of rotatable bonds is 9. The summed E-state index contributed by atoms with van der Waals surface area (Å²) >= 11 is 4.21. The molecule has 2 aromatic rings. The average Bonchev–Trinajstić information content (AvgIpc) is 2.77. The molecule has 0 aliphatic heterocycles. The lowest BCUT2D eigenvalue weighted by atomic mass is 9.90. The van der Waals surface area contributed by atoms with Crippen LogP contribution in [0.5, 0.6) is 11.5 Å². The number of carbonyl (C=O) groups excluding carboxylic acids is 1. The summed E-state index contributed by atoms with van der Waals surface area (Å²) in [6, 6.07) is 10.2. The number of halogens is 5. The Balaban J connectivity index is 2.70. The second-order valence-corrected chi connectivity index (χ2v) is 9.02. The van der Waals surface area contributed by atoms with Gasteiger partial charge in [-0.15, -0.1) is 11.8 Å². The van der Waals surface area contributed by atoms with Crippen LogP contribution in [-0.4, -0.2) is 42.7 Å². The van der Waals surface area contributed by atoms with Gasteiger partial charge in [0.25, 0.3) is 0 Å². The maximum absolute atomic E-state index is 14.9. The van der Waals surface area contributed by atoms with Gasteiger partial charge in [0.1, 0.15) is 17.3 Å². The van der Waals surface area contributed by atoms with Crippen LogP contribution >= 0.6 is 27.7 Å². The van der Waals surface area contributed by atoms with Gasteiger partial charge in [-0.2, -0.15) is 18.4 Å². The molecule has 0 saturated carbocycles. The smallest absolute Gasteiger partial charge is 0.471 e. The Morgan fingerprint density at radius 2 is 1.88 bits per heavy atom. The Bertz CT molecular complexity index is 1050. The minimum absolute atomic E-state index is 0.0505. The second-order valence-electron chi connectivity index (χ2n) is 7.12. The second kappa shape index (κ2) is 11.1. The first kappa shape index (κ1) is 26.8. The van der Waals surface area contributed by atoms with Crippen LogP contribution in [0, 0.1) is 17.1 Å². The van der Waals surface area contributed by atoms with Crippen LogP contribution < -0.4 is 9.47 Å². The summed E-state index contributed by atoms with van der Waals surface area (Å²) < 4.78 is 66.9. The Labute approximate surface area is 201 Å². The lowest BCUT2D eigenvalue weighted by Gasteiger charge is -2.42. The molecule has 0 heterocycles. The number of methoxy groups -OCH3 is 2. The lowest BCUT2D eigenvalue weighted by molar-refractivity contribution is -0.192. The highest BCUT2D eigenvalue weighted by Crippen LogP contribution is 2.40. The van der Waals surface area contributed by atoms with Crippen molar-refractivity contribution in [2.24, 2.45) is 0 Å². The molecule has 0 N–H and O–H groups in total. The Morgan fingerprint density at radius 3 is 2.45 bits per heavy atom. The SMILES string of the molecule is COc1ccc(CN(C(=O)C(F)(F)F)[C@@](C)(CSCC#N)c2cc(Br)ccc2F)c(OC)c1. The first-order valence-electron chi connectivity index (χ1n) is 9.47. The van der Waals surface area contributed by atoms with E-state index in [1.54, 1.807) is 0 Å². The highest BCUT2D eigenvalue weighted by molar-refractivity contribution is 9.10. The molecule has 1 amide bonds. The fourth-order valence-electron chi connectivity index (χ4n) is 3.28. The third-order valence-electron chi connectivity index (χ3n) is 4.96. The van der Waals surface area contributed by atoms with E-state index in [2.05, 4.69) is 15.9 Å². The third kappa shape index (κ3) is 6.32. The summed E-state index contributed by atoms with van der Waals surface area (Å²) in [5.74, 6) is -2.51. The molecule has 1 atom stereocenters. The number of carbonyl (C=O) groups is 1. The predicted molar refractivity (Wildman–Crippen MR) is 121 cm³/mol. The van der Waals surface area contributed by atoms with Crippen LogP contribution in [0.4, 0.5) is 17.6 Å². The van der Waals surface area contributed by atoms with Gasteiger partial charge in [0.05, 0.1) is 38.1 Å². The molecule has 178 valence electrons. The summed E-state index contributed by atoms with van der Waals surface area (Å²) in [6.07, 6.45) is -5.22. The zero-order chi connectivity index (χ0) is 24.8. The molecule has 33 heavy (non-hydrogen) atoms. The third-order valence-corrected chi connectivity index (χ3v) is 6.56. The maximum atomic E-state index is 14.9. The van der Waals surface area contributed by atoms with E-state index >= 15 is 0 Å². The van der Waals surface area contributed by atoms with Crippen LogP contribution in [-0.2, 0) is 16.9 Å². The standard InChI is InChI=1S/C22H21BrF4N2O3S/c1-21(13-33-9-8-28,17-10-15(23)5-7-18(17)24)29(20(30)22(25,26)27)12-14-4-6-16(31-2)11-19(14)32-3/h4-7,10-11H,9,12-13H2,1-3H3/t21-/m0/s1. The van der Waals surface area contributed by atoms with E-state index in [9.17, 15) is 22.4 Å². The summed E-state index contributed by atoms with van der Waals surface area (Å²) in [4.78, 5) is 13.2. The van der Waals surface area contributed by atoms with Gasteiger partial charge in [0.15, 0.2) is 0 Å². The molecule has 2 rings (SSSR count). The van der Waals surface area contributed by atoms with Crippen LogP contribution in [0.3, 0.4) is 0 Å². The summed E-state index contributed by atoms with van der Waals surface area (Å²) in [7, 11) is 2.76. The number of thioether (sulfide) groups is 1. The van der Waals surface area contributed by atoms with Crippen molar-refractivity contribution in [2.45, 2.75) is 25.2 Å². The molecule has 2 aromatic carbocycles. The number of hydrogen-bond donors (Lipinski definition) is 0. The maximum Gasteiger partial charge on any atom is 0.471 e. The highest BCUT2D eigenvalue weighted by Gasteiger charge is 2.50. The van der Waals surface area contributed by atoms with Crippen LogP contribution in [0.25, 0.3) is 0 Å².